The van der Waals surface area contributed by atoms with Crippen molar-refractivity contribution in [3.05, 3.63) is 35.4 Å². The number of hydrogen-bond acceptors (Lipinski definition) is 3. The van der Waals surface area contributed by atoms with Crippen molar-refractivity contribution in [2.24, 2.45) is 0 Å². The summed E-state index contributed by atoms with van der Waals surface area (Å²) in [6.07, 6.45) is 0. The molecule has 0 aromatic heterocycles. The third-order valence-electron chi connectivity index (χ3n) is 3.63. The fraction of sp³-hybridized carbons (Fsp3) is 0.533. The van der Waals surface area contributed by atoms with Crippen LogP contribution in [0.15, 0.2) is 24.3 Å². The summed E-state index contributed by atoms with van der Waals surface area (Å²) in [7, 11) is -3.57. The molecule has 1 amide bonds. The molecule has 1 aliphatic heterocycles. The van der Waals surface area contributed by atoms with E-state index in [-0.39, 0.29) is 18.5 Å². The largest absolute Gasteiger partial charge is 0.353 e. The molecule has 0 spiro atoms. The summed E-state index contributed by atoms with van der Waals surface area (Å²) >= 11 is 0. The van der Waals surface area contributed by atoms with Crippen molar-refractivity contribution in [2.45, 2.75) is 33.4 Å². The van der Waals surface area contributed by atoms with Crippen molar-refractivity contribution in [3.63, 3.8) is 0 Å². The normalized spacial score (nSPS) is 18.7. The molecule has 1 fully saturated rings. The van der Waals surface area contributed by atoms with Crippen molar-refractivity contribution in [2.75, 3.05) is 19.6 Å². The minimum absolute atomic E-state index is 0.000813. The molecule has 1 aromatic rings. The second kappa shape index (κ2) is 6.76. The smallest absolute Gasteiger partial charge is 0.282 e. The van der Waals surface area contributed by atoms with E-state index in [1.165, 1.54) is 8.61 Å². The quantitative estimate of drug-likeness (QED) is 0.874. The maximum atomic E-state index is 12.5. The fourth-order valence-corrected chi connectivity index (χ4v) is 3.98. The Hall–Kier alpha value is -1.44. The van der Waals surface area contributed by atoms with Crippen LogP contribution < -0.4 is 5.32 Å². The number of carbonyl (C=O) groups is 1. The van der Waals surface area contributed by atoms with Gasteiger partial charge in [-0.2, -0.15) is 17.0 Å². The maximum Gasteiger partial charge on any atom is 0.282 e. The third kappa shape index (κ3) is 3.85. The van der Waals surface area contributed by atoms with Crippen molar-refractivity contribution in [3.8, 4) is 0 Å². The van der Waals surface area contributed by atoms with Gasteiger partial charge < -0.3 is 5.32 Å². The highest BCUT2D eigenvalue weighted by atomic mass is 32.2. The van der Waals surface area contributed by atoms with E-state index in [4.69, 9.17) is 0 Å². The van der Waals surface area contributed by atoms with Crippen LogP contribution in [-0.2, 0) is 21.5 Å². The van der Waals surface area contributed by atoms with Gasteiger partial charge in [0.25, 0.3) is 10.2 Å². The molecule has 0 bridgehead atoms. The van der Waals surface area contributed by atoms with Crippen molar-refractivity contribution >= 4 is 16.1 Å². The zero-order valence-electron chi connectivity index (χ0n) is 13.2. The van der Waals surface area contributed by atoms with E-state index in [1.54, 1.807) is 0 Å². The van der Waals surface area contributed by atoms with Crippen LogP contribution in [0.25, 0.3) is 0 Å². The van der Waals surface area contributed by atoms with Gasteiger partial charge in [0.2, 0.25) is 5.91 Å². The zero-order valence-corrected chi connectivity index (χ0v) is 14.1. The number of hydrogen-bond donors (Lipinski definition) is 1. The molecular weight excluding hydrogens is 302 g/mol. The third-order valence-corrected chi connectivity index (χ3v) is 5.56. The van der Waals surface area contributed by atoms with Crippen LogP contribution in [-0.4, -0.2) is 48.6 Å². The predicted molar refractivity (Wildman–Crippen MR) is 85.4 cm³/mol. The minimum Gasteiger partial charge on any atom is -0.353 e. The first kappa shape index (κ1) is 16.9. The molecule has 0 atom stereocenters. The molecule has 1 saturated heterocycles. The summed E-state index contributed by atoms with van der Waals surface area (Å²) in [5, 5.41) is 2.72. The molecule has 2 rings (SSSR count). The SMILES string of the molecule is Cc1ccccc1CN1CCN(CC(=O)NC(C)C)S1(=O)=O. The first-order valence-corrected chi connectivity index (χ1v) is 8.79. The number of nitrogens with zero attached hydrogens (tertiary/aromatic N) is 2. The van der Waals surface area contributed by atoms with Gasteiger partial charge >= 0.3 is 0 Å². The Morgan fingerprint density at radius 2 is 1.86 bits per heavy atom. The topological polar surface area (TPSA) is 69.7 Å². The summed E-state index contributed by atoms with van der Waals surface area (Å²) < 4.78 is 27.7. The first-order valence-electron chi connectivity index (χ1n) is 7.40. The van der Waals surface area contributed by atoms with Crippen LogP contribution >= 0.6 is 0 Å². The number of nitrogens with one attached hydrogen (secondary N) is 1. The summed E-state index contributed by atoms with van der Waals surface area (Å²) in [4.78, 5) is 11.8. The highest BCUT2D eigenvalue weighted by Gasteiger charge is 2.37. The van der Waals surface area contributed by atoms with Crippen LogP contribution in [0, 0.1) is 6.92 Å². The number of rotatable bonds is 5. The van der Waals surface area contributed by atoms with Crippen LogP contribution in [0.1, 0.15) is 25.0 Å². The van der Waals surface area contributed by atoms with Gasteiger partial charge in [-0.05, 0) is 31.9 Å². The molecule has 1 aliphatic rings. The molecule has 0 saturated carbocycles. The monoisotopic (exact) mass is 325 g/mol. The molecule has 22 heavy (non-hydrogen) atoms. The van der Waals surface area contributed by atoms with E-state index < -0.39 is 10.2 Å². The van der Waals surface area contributed by atoms with Gasteiger partial charge in [0, 0.05) is 25.7 Å². The molecular formula is C15H23N3O3S. The summed E-state index contributed by atoms with van der Waals surface area (Å²) in [6.45, 7) is 6.64. The van der Waals surface area contributed by atoms with Gasteiger partial charge in [-0.1, -0.05) is 24.3 Å². The predicted octanol–water partition coefficient (Wildman–Crippen LogP) is 0.882. The molecule has 0 radical (unpaired) electrons. The Labute approximate surface area is 132 Å². The van der Waals surface area contributed by atoms with Crippen LogP contribution in [0.3, 0.4) is 0 Å². The Kier molecular flexibility index (Phi) is 5.20. The van der Waals surface area contributed by atoms with Crippen molar-refractivity contribution in [1.29, 1.82) is 0 Å². The van der Waals surface area contributed by atoms with Gasteiger partial charge in [0.15, 0.2) is 0 Å². The minimum atomic E-state index is -3.57. The molecule has 0 unspecified atom stereocenters. The molecule has 0 aliphatic carbocycles. The number of aryl methyl sites for hydroxylation is 1. The van der Waals surface area contributed by atoms with Crippen LogP contribution in [0.2, 0.25) is 0 Å². The summed E-state index contributed by atoms with van der Waals surface area (Å²) in [5.74, 6) is -0.267. The van der Waals surface area contributed by atoms with E-state index in [1.807, 2.05) is 45.0 Å². The number of benzene rings is 1. The van der Waals surface area contributed by atoms with Gasteiger partial charge in [-0.15, -0.1) is 0 Å². The number of carbonyl (C=O) groups excluding carboxylic acids is 1. The Morgan fingerprint density at radius 1 is 1.23 bits per heavy atom. The van der Waals surface area contributed by atoms with Gasteiger partial charge in [0.1, 0.15) is 0 Å². The van der Waals surface area contributed by atoms with E-state index >= 15 is 0 Å². The zero-order chi connectivity index (χ0) is 16.3. The lowest BCUT2D eigenvalue weighted by Crippen LogP contribution is -2.42. The van der Waals surface area contributed by atoms with E-state index in [0.29, 0.717) is 19.6 Å². The summed E-state index contributed by atoms with van der Waals surface area (Å²) in [6, 6.07) is 7.73. The Bertz CT molecular complexity index is 643. The van der Waals surface area contributed by atoms with E-state index in [9.17, 15) is 13.2 Å². The van der Waals surface area contributed by atoms with Crippen LogP contribution in [0.5, 0.6) is 0 Å². The molecule has 1 N–H and O–H groups in total. The van der Waals surface area contributed by atoms with Crippen molar-refractivity contribution < 1.29 is 13.2 Å². The average Bonchev–Trinajstić information content (AvgIpc) is 2.67. The van der Waals surface area contributed by atoms with E-state index in [0.717, 1.165) is 11.1 Å². The lowest BCUT2D eigenvalue weighted by Gasteiger charge is -2.19. The van der Waals surface area contributed by atoms with Crippen LogP contribution in [0.4, 0.5) is 0 Å². The second-order valence-electron chi connectivity index (χ2n) is 5.82. The van der Waals surface area contributed by atoms with Crippen molar-refractivity contribution in [1.82, 2.24) is 13.9 Å². The Balaban J connectivity index is 2.05. The Morgan fingerprint density at radius 3 is 2.50 bits per heavy atom. The maximum absolute atomic E-state index is 12.5. The first-order chi connectivity index (χ1) is 10.3. The number of amides is 1. The highest BCUT2D eigenvalue weighted by molar-refractivity contribution is 7.87. The van der Waals surface area contributed by atoms with Gasteiger partial charge in [-0.25, -0.2) is 0 Å². The molecule has 6 nitrogen and oxygen atoms in total. The molecule has 1 heterocycles. The lowest BCUT2D eigenvalue weighted by molar-refractivity contribution is -0.121. The van der Waals surface area contributed by atoms with Gasteiger partial charge in [0.05, 0.1) is 6.54 Å². The molecule has 1 aromatic carbocycles. The lowest BCUT2D eigenvalue weighted by atomic mass is 10.1. The fourth-order valence-electron chi connectivity index (χ4n) is 2.44. The standard InChI is InChI=1S/C15H23N3O3S/c1-12(2)16-15(19)11-18-9-8-17(22(18,20)21)10-14-7-5-4-6-13(14)3/h4-7,12H,8-11H2,1-3H3,(H,16,19). The molecule has 7 heteroatoms. The summed E-state index contributed by atoms with van der Waals surface area (Å²) in [5.41, 5.74) is 2.05. The average molecular weight is 325 g/mol. The second-order valence-corrected chi connectivity index (χ2v) is 7.75. The highest BCUT2D eigenvalue weighted by Crippen LogP contribution is 2.20. The van der Waals surface area contributed by atoms with Gasteiger partial charge in [-0.3, -0.25) is 4.79 Å². The molecule has 122 valence electrons. The van der Waals surface area contributed by atoms with E-state index in [2.05, 4.69) is 5.32 Å².